The number of methoxy groups -OCH3 is 1. The molecule has 0 bridgehead atoms. The van der Waals surface area contributed by atoms with Crippen molar-refractivity contribution in [3.63, 3.8) is 0 Å². The van der Waals surface area contributed by atoms with Gasteiger partial charge in [-0.1, -0.05) is 54.2 Å². The first-order chi connectivity index (χ1) is 15.6. The van der Waals surface area contributed by atoms with Gasteiger partial charge >= 0.3 is 0 Å². The van der Waals surface area contributed by atoms with E-state index < -0.39 is 5.25 Å². The number of anilines is 1. The third-order valence-corrected chi connectivity index (χ3v) is 5.90. The number of hydrogen-bond acceptors (Lipinski definition) is 6. The van der Waals surface area contributed by atoms with Crippen LogP contribution in [-0.2, 0) is 4.79 Å². The smallest absolute Gasteiger partial charge is 0.242 e. The number of nitrogens with two attached hydrogens (primary N) is 1. The molecule has 3 aromatic carbocycles. The molecule has 1 heterocycles. The summed E-state index contributed by atoms with van der Waals surface area (Å²) in [5.74, 6) is 6.64. The summed E-state index contributed by atoms with van der Waals surface area (Å²) in [5.41, 5.74) is 1.93. The van der Waals surface area contributed by atoms with E-state index in [2.05, 4.69) is 15.5 Å². The molecule has 0 aliphatic carbocycles. The number of nitrogen functional groups attached to an aromatic ring is 1. The van der Waals surface area contributed by atoms with Crippen molar-refractivity contribution in [1.82, 2.24) is 14.9 Å². The molecule has 1 aromatic heterocycles. The molecule has 0 aliphatic rings. The number of nitrogens with zero attached hydrogens (tertiary/aromatic N) is 3. The Kier molecular flexibility index (Phi) is 6.37. The van der Waals surface area contributed by atoms with Gasteiger partial charge < -0.3 is 15.9 Å². The fourth-order valence-corrected chi connectivity index (χ4v) is 4.08. The second kappa shape index (κ2) is 9.52. The molecule has 4 aromatic rings. The summed E-state index contributed by atoms with van der Waals surface area (Å²) in [4.78, 5) is 13.1. The number of amides is 1. The number of thioether (sulfide) groups is 1. The predicted octanol–water partition coefficient (Wildman–Crippen LogP) is 4.28. The van der Waals surface area contributed by atoms with Crippen LogP contribution in [0.4, 0.5) is 10.1 Å². The molecule has 0 unspecified atom stereocenters. The lowest BCUT2D eigenvalue weighted by molar-refractivity contribution is -0.115. The normalized spacial score (nSPS) is 11.7. The average Bonchev–Trinajstić information content (AvgIpc) is 3.19. The van der Waals surface area contributed by atoms with Gasteiger partial charge in [0.05, 0.1) is 12.7 Å². The van der Waals surface area contributed by atoms with Gasteiger partial charge in [0, 0.05) is 5.69 Å². The van der Waals surface area contributed by atoms with Gasteiger partial charge in [0.25, 0.3) is 0 Å². The zero-order chi connectivity index (χ0) is 22.5. The molecule has 7 nitrogen and oxygen atoms in total. The van der Waals surface area contributed by atoms with Crippen molar-refractivity contribution in [2.24, 2.45) is 0 Å². The molecule has 0 saturated heterocycles. The summed E-state index contributed by atoms with van der Waals surface area (Å²) in [6, 6.07) is 22.2. The van der Waals surface area contributed by atoms with E-state index in [9.17, 15) is 9.18 Å². The van der Waals surface area contributed by atoms with Gasteiger partial charge in [-0.3, -0.25) is 4.79 Å². The minimum atomic E-state index is -0.668. The average molecular weight is 450 g/mol. The Balaban J connectivity index is 1.64. The van der Waals surface area contributed by atoms with Crippen LogP contribution in [0.5, 0.6) is 5.75 Å². The van der Waals surface area contributed by atoms with E-state index in [-0.39, 0.29) is 11.7 Å². The van der Waals surface area contributed by atoms with E-state index in [1.54, 1.807) is 13.2 Å². The lowest BCUT2D eigenvalue weighted by Crippen LogP contribution is -2.20. The van der Waals surface area contributed by atoms with E-state index in [1.807, 2.05) is 48.5 Å². The number of ether oxygens (including phenoxy) is 1. The minimum Gasteiger partial charge on any atom is -0.496 e. The molecule has 0 aliphatic heterocycles. The zero-order valence-electron chi connectivity index (χ0n) is 17.1. The quantitative estimate of drug-likeness (QED) is 0.323. The number of para-hydroxylation sites is 1. The third kappa shape index (κ3) is 4.57. The van der Waals surface area contributed by atoms with E-state index in [1.165, 1.54) is 40.7 Å². The summed E-state index contributed by atoms with van der Waals surface area (Å²) < 4.78 is 19.9. The molecule has 3 N–H and O–H groups in total. The van der Waals surface area contributed by atoms with E-state index in [4.69, 9.17) is 10.6 Å². The van der Waals surface area contributed by atoms with Gasteiger partial charge in [0.15, 0.2) is 5.82 Å². The number of halogens is 1. The van der Waals surface area contributed by atoms with Crippen molar-refractivity contribution < 1.29 is 13.9 Å². The van der Waals surface area contributed by atoms with Crippen LogP contribution in [0.25, 0.3) is 11.4 Å². The van der Waals surface area contributed by atoms with E-state index in [0.29, 0.717) is 28.0 Å². The number of rotatable bonds is 7. The molecule has 32 heavy (non-hydrogen) atoms. The maximum atomic E-state index is 13.2. The number of carbonyl (C=O) groups is 1. The van der Waals surface area contributed by atoms with Crippen molar-refractivity contribution in [2.75, 3.05) is 18.3 Å². The van der Waals surface area contributed by atoms with E-state index in [0.717, 1.165) is 5.56 Å². The lowest BCUT2D eigenvalue weighted by Gasteiger charge is -2.16. The first-order valence-electron chi connectivity index (χ1n) is 9.68. The Morgan fingerprint density at radius 3 is 2.44 bits per heavy atom. The molecule has 0 spiro atoms. The zero-order valence-corrected chi connectivity index (χ0v) is 17.9. The first kappa shape index (κ1) is 21.4. The monoisotopic (exact) mass is 449 g/mol. The molecule has 1 amide bonds. The number of benzene rings is 3. The van der Waals surface area contributed by atoms with Crippen LogP contribution in [0.15, 0.2) is 84.0 Å². The van der Waals surface area contributed by atoms with Crippen molar-refractivity contribution in [3.8, 4) is 17.1 Å². The largest absolute Gasteiger partial charge is 0.496 e. The second-order valence-electron chi connectivity index (χ2n) is 6.78. The molecule has 4 rings (SSSR count). The summed E-state index contributed by atoms with van der Waals surface area (Å²) >= 11 is 1.17. The van der Waals surface area contributed by atoms with Gasteiger partial charge in [-0.2, -0.15) is 0 Å². The van der Waals surface area contributed by atoms with Crippen LogP contribution in [0.1, 0.15) is 10.8 Å². The summed E-state index contributed by atoms with van der Waals surface area (Å²) in [6.45, 7) is 0. The van der Waals surface area contributed by atoms with Crippen LogP contribution < -0.4 is 15.9 Å². The van der Waals surface area contributed by atoms with Gasteiger partial charge in [-0.15, -0.1) is 10.2 Å². The summed E-state index contributed by atoms with van der Waals surface area (Å²) in [6.07, 6.45) is 0. The standard InChI is InChI=1S/C23H20FN5O2S/c1-31-19-10-6-5-9-18(19)21-27-28-23(29(21)25)32-20(15-7-3-2-4-8-15)22(30)26-17-13-11-16(24)12-14-17/h2-14,20H,25H2,1H3,(H,26,30)/t20-/m1/s1. The molecule has 0 radical (unpaired) electrons. The highest BCUT2D eigenvalue weighted by Gasteiger charge is 2.26. The van der Waals surface area contributed by atoms with Crippen LogP contribution in [-0.4, -0.2) is 27.9 Å². The Morgan fingerprint density at radius 2 is 1.72 bits per heavy atom. The molecule has 0 fully saturated rings. The Hall–Kier alpha value is -3.85. The Labute approximate surface area is 188 Å². The van der Waals surface area contributed by atoms with Gasteiger partial charge in [-0.05, 0) is 42.0 Å². The van der Waals surface area contributed by atoms with Crippen molar-refractivity contribution >= 4 is 23.4 Å². The molecule has 1 atom stereocenters. The third-order valence-electron chi connectivity index (χ3n) is 4.69. The highest BCUT2D eigenvalue weighted by molar-refractivity contribution is 8.00. The fourth-order valence-electron chi connectivity index (χ4n) is 3.12. The van der Waals surface area contributed by atoms with Gasteiger partial charge in [-0.25, -0.2) is 9.07 Å². The topological polar surface area (TPSA) is 95.1 Å². The fraction of sp³-hybridized carbons (Fsp3) is 0.0870. The molecule has 9 heteroatoms. The highest BCUT2D eigenvalue weighted by Crippen LogP contribution is 2.37. The molecule has 0 saturated carbocycles. The maximum absolute atomic E-state index is 13.2. The number of carbonyl (C=O) groups excluding carboxylic acids is 1. The van der Waals surface area contributed by atoms with Gasteiger partial charge in [0.2, 0.25) is 11.1 Å². The highest BCUT2D eigenvalue weighted by atomic mass is 32.2. The van der Waals surface area contributed by atoms with Crippen LogP contribution in [0.2, 0.25) is 0 Å². The lowest BCUT2D eigenvalue weighted by atomic mass is 10.1. The number of hydrogen-bond donors (Lipinski definition) is 2. The van der Waals surface area contributed by atoms with Crippen molar-refractivity contribution in [1.29, 1.82) is 0 Å². The SMILES string of the molecule is COc1ccccc1-c1nnc(S[C@@H](C(=O)Nc2ccc(F)cc2)c2ccccc2)n1N. The Bertz CT molecular complexity index is 1210. The number of nitrogens with one attached hydrogen (secondary N) is 1. The van der Waals surface area contributed by atoms with Gasteiger partial charge in [0.1, 0.15) is 16.8 Å². The maximum Gasteiger partial charge on any atom is 0.242 e. The molecular weight excluding hydrogens is 429 g/mol. The second-order valence-corrected chi connectivity index (χ2v) is 7.85. The van der Waals surface area contributed by atoms with Crippen LogP contribution in [0, 0.1) is 5.82 Å². The Morgan fingerprint density at radius 1 is 1.03 bits per heavy atom. The number of aromatic nitrogens is 3. The summed E-state index contributed by atoms with van der Waals surface area (Å²) in [5, 5.41) is 10.9. The molecule has 162 valence electrons. The summed E-state index contributed by atoms with van der Waals surface area (Å²) in [7, 11) is 1.57. The van der Waals surface area contributed by atoms with Crippen molar-refractivity contribution in [3.05, 3.63) is 90.2 Å². The van der Waals surface area contributed by atoms with Crippen LogP contribution in [0.3, 0.4) is 0 Å². The predicted molar refractivity (Wildman–Crippen MR) is 122 cm³/mol. The minimum absolute atomic E-state index is 0.297. The first-order valence-corrected chi connectivity index (χ1v) is 10.6. The van der Waals surface area contributed by atoms with Crippen LogP contribution >= 0.6 is 11.8 Å². The van der Waals surface area contributed by atoms with E-state index >= 15 is 0 Å². The van der Waals surface area contributed by atoms with Crippen molar-refractivity contribution in [2.45, 2.75) is 10.4 Å². The molecular formula is C23H20FN5O2S.